The molecule has 0 radical (unpaired) electrons. The third-order valence-corrected chi connectivity index (χ3v) is 5.69. The predicted molar refractivity (Wildman–Crippen MR) is 91.2 cm³/mol. The minimum absolute atomic E-state index is 0.202. The van der Waals surface area contributed by atoms with E-state index in [0.29, 0.717) is 5.69 Å². The lowest BCUT2D eigenvalue weighted by Gasteiger charge is -2.15. The number of halogens is 1. The van der Waals surface area contributed by atoms with Crippen LogP contribution in [0.2, 0.25) is 0 Å². The summed E-state index contributed by atoms with van der Waals surface area (Å²) in [5.41, 5.74) is 0.916. The van der Waals surface area contributed by atoms with Crippen molar-refractivity contribution in [3.8, 4) is 0 Å². The van der Waals surface area contributed by atoms with Gasteiger partial charge < -0.3 is 5.32 Å². The van der Waals surface area contributed by atoms with Gasteiger partial charge in [-0.05, 0) is 48.5 Å². The zero-order valence-electron chi connectivity index (χ0n) is 13.3. The Morgan fingerprint density at radius 1 is 1.12 bits per heavy atom. The minimum Gasteiger partial charge on any atom is -0.322 e. The minimum atomic E-state index is -3.68. The van der Waals surface area contributed by atoms with Crippen molar-refractivity contribution in [2.75, 3.05) is 15.4 Å². The highest BCUT2D eigenvalue weighted by atomic mass is 32.2. The van der Waals surface area contributed by atoms with E-state index in [1.165, 1.54) is 48.5 Å². The number of nitrogens with one attached hydrogen (secondary N) is 1. The van der Waals surface area contributed by atoms with Gasteiger partial charge in [-0.2, -0.15) is 0 Å². The van der Waals surface area contributed by atoms with E-state index in [9.17, 15) is 22.4 Å². The van der Waals surface area contributed by atoms with Crippen LogP contribution in [0.15, 0.2) is 48.5 Å². The molecule has 1 fully saturated rings. The lowest BCUT2D eigenvalue weighted by atomic mass is 10.1. The SMILES string of the molecule is CC1CS(=O)(=O)N(c2ccc(C(=O)Nc3ccc(F)cc3)cc2)C1=O. The number of carbonyl (C=O) groups is 2. The van der Waals surface area contributed by atoms with Gasteiger partial charge in [0.15, 0.2) is 0 Å². The number of anilines is 2. The first-order valence-electron chi connectivity index (χ1n) is 7.52. The van der Waals surface area contributed by atoms with E-state index in [1.54, 1.807) is 6.92 Å². The molecule has 2 aromatic carbocycles. The second-order valence-corrected chi connectivity index (χ2v) is 7.65. The topological polar surface area (TPSA) is 83.6 Å². The number of benzene rings is 2. The van der Waals surface area contributed by atoms with E-state index in [2.05, 4.69) is 5.32 Å². The molecule has 1 heterocycles. The van der Waals surface area contributed by atoms with Crippen LogP contribution in [0.25, 0.3) is 0 Å². The molecule has 1 unspecified atom stereocenters. The molecule has 0 bridgehead atoms. The fraction of sp³-hybridized carbons (Fsp3) is 0.176. The molecule has 8 heteroatoms. The summed E-state index contributed by atoms with van der Waals surface area (Å²) >= 11 is 0. The predicted octanol–water partition coefficient (Wildman–Crippen LogP) is 2.39. The van der Waals surface area contributed by atoms with Crippen LogP contribution < -0.4 is 9.62 Å². The van der Waals surface area contributed by atoms with Gasteiger partial charge in [0.2, 0.25) is 15.9 Å². The van der Waals surface area contributed by atoms with Gasteiger partial charge in [-0.1, -0.05) is 6.92 Å². The van der Waals surface area contributed by atoms with E-state index < -0.39 is 33.6 Å². The average molecular weight is 362 g/mol. The van der Waals surface area contributed by atoms with Crippen LogP contribution in [0.4, 0.5) is 15.8 Å². The summed E-state index contributed by atoms with van der Waals surface area (Å²) in [4.78, 5) is 24.2. The maximum absolute atomic E-state index is 12.9. The molecule has 6 nitrogen and oxygen atoms in total. The molecule has 1 aliphatic heterocycles. The van der Waals surface area contributed by atoms with Crippen LogP contribution in [0.5, 0.6) is 0 Å². The normalized spacial score (nSPS) is 19.0. The van der Waals surface area contributed by atoms with Crippen molar-refractivity contribution < 1.29 is 22.4 Å². The molecule has 3 rings (SSSR count). The van der Waals surface area contributed by atoms with Crippen LogP contribution in [0, 0.1) is 11.7 Å². The lowest BCUT2D eigenvalue weighted by molar-refractivity contribution is -0.119. The van der Waals surface area contributed by atoms with Gasteiger partial charge in [-0.25, -0.2) is 17.1 Å². The molecular formula is C17H15FN2O4S. The van der Waals surface area contributed by atoms with Crippen molar-refractivity contribution in [1.82, 2.24) is 0 Å². The third-order valence-electron chi connectivity index (χ3n) is 3.83. The summed E-state index contributed by atoms with van der Waals surface area (Å²) < 4.78 is 37.8. The van der Waals surface area contributed by atoms with Crippen LogP contribution in [0.1, 0.15) is 17.3 Å². The maximum Gasteiger partial charge on any atom is 0.255 e. The molecule has 0 saturated carbocycles. The standard InChI is InChI=1S/C17H15FN2O4S/c1-11-10-25(23,24)20(17(11)22)15-8-2-12(3-9-15)16(21)19-14-6-4-13(18)5-7-14/h2-9,11H,10H2,1H3,(H,19,21). The molecule has 1 N–H and O–H groups in total. The van der Waals surface area contributed by atoms with E-state index in [-0.39, 0.29) is 17.0 Å². The smallest absolute Gasteiger partial charge is 0.255 e. The Morgan fingerprint density at radius 2 is 1.72 bits per heavy atom. The van der Waals surface area contributed by atoms with Gasteiger partial charge in [0.25, 0.3) is 5.91 Å². The molecule has 2 aromatic rings. The van der Waals surface area contributed by atoms with Crippen molar-refractivity contribution in [3.63, 3.8) is 0 Å². The summed E-state index contributed by atoms with van der Waals surface area (Å²) in [5, 5.41) is 2.60. The molecule has 1 saturated heterocycles. The Kier molecular flexibility index (Phi) is 4.30. The van der Waals surface area contributed by atoms with Gasteiger partial charge in [0, 0.05) is 11.3 Å². The molecular weight excluding hydrogens is 347 g/mol. The number of amides is 2. The molecule has 0 aromatic heterocycles. The molecule has 0 spiro atoms. The molecule has 25 heavy (non-hydrogen) atoms. The van der Waals surface area contributed by atoms with Crippen LogP contribution in [-0.4, -0.2) is 26.0 Å². The fourth-order valence-corrected chi connectivity index (χ4v) is 4.39. The quantitative estimate of drug-likeness (QED) is 0.909. The van der Waals surface area contributed by atoms with Crippen LogP contribution in [0.3, 0.4) is 0 Å². The van der Waals surface area contributed by atoms with E-state index in [0.717, 1.165) is 4.31 Å². The highest BCUT2D eigenvalue weighted by Crippen LogP contribution is 2.28. The van der Waals surface area contributed by atoms with E-state index >= 15 is 0 Å². The average Bonchev–Trinajstić information content (AvgIpc) is 2.77. The van der Waals surface area contributed by atoms with Gasteiger partial charge in [0.05, 0.1) is 17.4 Å². The Labute approximate surface area is 144 Å². The number of hydrogen-bond acceptors (Lipinski definition) is 4. The first-order chi connectivity index (χ1) is 11.8. The molecule has 0 aliphatic carbocycles. The fourth-order valence-electron chi connectivity index (χ4n) is 2.57. The first-order valence-corrected chi connectivity index (χ1v) is 9.13. The summed E-state index contributed by atoms with van der Waals surface area (Å²) in [7, 11) is -3.68. The highest BCUT2D eigenvalue weighted by molar-refractivity contribution is 7.94. The zero-order chi connectivity index (χ0) is 18.2. The molecule has 1 atom stereocenters. The third kappa shape index (κ3) is 3.39. The number of nitrogens with zero attached hydrogens (tertiary/aromatic N) is 1. The Morgan fingerprint density at radius 3 is 2.24 bits per heavy atom. The summed E-state index contributed by atoms with van der Waals surface area (Å²) in [6, 6.07) is 11.0. The molecule has 130 valence electrons. The summed E-state index contributed by atoms with van der Waals surface area (Å²) in [6.07, 6.45) is 0. The monoisotopic (exact) mass is 362 g/mol. The van der Waals surface area contributed by atoms with E-state index in [4.69, 9.17) is 0 Å². The number of rotatable bonds is 3. The maximum atomic E-state index is 12.9. The van der Waals surface area contributed by atoms with Crippen molar-refractivity contribution in [1.29, 1.82) is 0 Å². The van der Waals surface area contributed by atoms with Crippen molar-refractivity contribution in [2.45, 2.75) is 6.92 Å². The Bertz CT molecular complexity index is 924. The van der Waals surface area contributed by atoms with Crippen molar-refractivity contribution in [3.05, 3.63) is 59.9 Å². The number of hydrogen-bond donors (Lipinski definition) is 1. The summed E-state index contributed by atoms with van der Waals surface area (Å²) in [5.74, 6) is -2.14. The van der Waals surface area contributed by atoms with Crippen LogP contribution >= 0.6 is 0 Å². The second-order valence-electron chi connectivity index (χ2n) is 5.79. The Balaban J connectivity index is 1.79. The lowest BCUT2D eigenvalue weighted by Crippen LogP contribution is -2.30. The second kappa shape index (κ2) is 6.29. The number of sulfonamides is 1. The first kappa shape index (κ1) is 17.1. The Hall–Kier alpha value is -2.74. The molecule has 2 amide bonds. The molecule has 1 aliphatic rings. The number of carbonyl (C=O) groups excluding carboxylic acids is 2. The highest BCUT2D eigenvalue weighted by Gasteiger charge is 2.41. The van der Waals surface area contributed by atoms with Gasteiger partial charge in [-0.15, -0.1) is 0 Å². The van der Waals surface area contributed by atoms with Gasteiger partial charge in [-0.3, -0.25) is 9.59 Å². The van der Waals surface area contributed by atoms with Gasteiger partial charge in [0.1, 0.15) is 5.82 Å². The van der Waals surface area contributed by atoms with E-state index in [1.807, 2.05) is 0 Å². The van der Waals surface area contributed by atoms with Gasteiger partial charge >= 0.3 is 0 Å². The van der Waals surface area contributed by atoms with Crippen molar-refractivity contribution in [2.24, 2.45) is 5.92 Å². The summed E-state index contributed by atoms with van der Waals surface area (Å²) in [6.45, 7) is 1.56. The van der Waals surface area contributed by atoms with Crippen molar-refractivity contribution >= 4 is 33.2 Å². The van der Waals surface area contributed by atoms with Crippen LogP contribution in [-0.2, 0) is 14.8 Å². The zero-order valence-corrected chi connectivity index (χ0v) is 14.1. The largest absolute Gasteiger partial charge is 0.322 e.